The van der Waals surface area contributed by atoms with Crippen LogP contribution < -0.4 is 5.73 Å². The van der Waals surface area contributed by atoms with Crippen molar-refractivity contribution in [3.05, 3.63) is 24.0 Å². The molecule has 0 saturated heterocycles. The number of hydrogen-bond donors (Lipinski definition) is 1. The maximum Gasteiger partial charge on any atom is 0.182 e. The fraction of sp³-hybridized carbons (Fsp3) is 0.533. The Morgan fingerprint density at radius 1 is 1.38 bits per heavy atom. The summed E-state index contributed by atoms with van der Waals surface area (Å²) in [5.74, 6) is 1.49. The first kappa shape index (κ1) is 14.0. The highest BCUT2D eigenvalue weighted by Gasteiger charge is 2.35. The lowest BCUT2D eigenvalue weighted by Crippen LogP contribution is -2.18. The Bertz CT molecular complexity index is 639. The van der Waals surface area contributed by atoms with Crippen molar-refractivity contribution in [2.45, 2.75) is 39.2 Å². The molecule has 112 valence electrons. The van der Waals surface area contributed by atoms with Gasteiger partial charge in [-0.1, -0.05) is 20.3 Å². The van der Waals surface area contributed by atoms with Gasteiger partial charge in [0.2, 0.25) is 0 Å². The van der Waals surface area contributed by atoms with Gasteiger partial charge in [0, 0.05) is 5.56 Å². The Morgan fingerprint density at radius 3 is 2.86 bits per heavy atom. The zero-order valence-corrected chi connectivity index (χ0v) is 12.3. The van der Waals surface area contributed by atoms with E-state index < -0.39 is 5.82 Å². The number of nitrogen functional groups attached to an aromatic ring is 1. The predicted octanol–water partition coefficient (Wildman–Crippen LogP) is 3.06. The van der Waals surface area contributed by atoms with Crippen LogP contribution in [0.4, 0.5) is 10.1 Å². The number of aromatic nitrogens is 4. The first-order valence-electron chi connectivity index (χ1n) is 7.45. The maximum atomic E-state index is 13.3. The van der Waals surface area contributed by atoms with Gasteiger partial charge in [-0.05, 0) is 53.3 Å². The second-order valence-corrected chi connectivity index (χ2v) is 5.86. The molecule has 0 spiro atoms. The number of nitrogens with zero attached hydrogens (tertiary/aromatic N) is 4. The van der Waals surface area contributed by atoms with Gasteiger partial charge in [-0.25, -0.2) is 9.07 Å². The molecule has 0 amide bonds. The number of tetrazole rings is 1. The van der Waals surface area contributed by atoms with E-state index in [0.29, 0.717) is 23.7 Å². The van der Waals surface area contributed by atoms with Crippen LogP contribution >= 0.6 is 0 Å². The molecule has 1 fully saturated rings. The summed E-state index contributed by atoms with van der Waals surface area (Å²) in [6, 6.07) is 4.92. The lowest BCUT2D eigenvalue weighted by atomic mass is 9.93. The summed E-state index contributed by atoms with van der Waals surface area (Å²) in [6.45, 7) is 4.49. The van der Waals surface area contributed by atoms with Crippen molar-refractivity contribution in [2.24, 2.45) is 11.8 Å². The van der Waals surface area contributed by atoms with E-state index in [0.717, 1.165) is 12.0 Å². The highest BCUT2D eigenvalue weighted by molar-refractivity contribution is 5.61. The molecule has 3 rings (SSSR count). The van der Waals surface area contributed by atoms with Crippen molar-refractivity contribution >= 4 is 5.69 Å². The van der Waals surface area contributed by atoms with Gasteiger partial charge < -0.3 is 5.73 Å². The Morgan fingerprint density at radius 2 is 2.19 bits per heavy atom. The lowest BCUT2D eigenvalue weighted by Gasteiger charge is -2.20. The fourth-order valence-corrected chi connectivity index (χ4v) is 3.44. The van der Waals surface area contributed by atoms with Crippen molar-refractivity contribution in [3.63, 3.8) is 0 Å². The molecule has 1 heterocycles. The van der Waals surface area contributed by atoms with Crippen LogP contribution in [0.15, 0.2) is 18.2 Å². The zero-order chi connectivity index (χ0) is 15.0. The van der Waals surface area contributed by atoms with E-state index in [1.165, 1.54) is 18.9 Å². The maximum absolute atomic E-state index is 13.3. The summed E-state index contributed by atoms with van der Waals surface area (Å²) >= 11 is 0. The summed E-state index contributed by atoms with van der Waals surface area (Å²) in [6.07, 6.45) is 3.46. The number of nitrogens with two attached hydrogens (primary N) is 1. The summed E-state index contributed by atoms with van der Waals surface area (Å²) in [5.41, 5.74) is 6.52. The Balaban J connectivity index is 1.96. The van der Waals surface area contributed by atoms with E-state index in [4.69, 9.17) is 5.73 Å². The molecule has 1 aliphatic carbocycles. The normalized spacial score (nSPS) is 25.4. The van der Waals surface area contributed by atoms with Crippen molar-refractivity contribution in [1.29, 1.82) is 0 Å². The van der Waals surface area contributed by atoms with E-state index in [1.807, 2.05) is 4.68 Å². The van der Waals surface area contributed by atoms with Crippen LogP contribution in [0, 0.1) is 17.7 Å². The first-order valence-corrected chi connectivity index (χ1v) is 7.45. The molecule has 0 aliphatic heterocycles. The third-order valence-corrected chi connectivity index (χ3v) is 4.77. The second kappa shape index (κ2) is 5.42. The molecular formula is C15H20FN5. The summed E-state index contributed by atoms with van der Waals surface area (Å²) in [4.78, 5) is 0. The molecular weight excluding hydrogens is 269 g/mol. The van der Waals surface area contributed by atoms with Crippen molar-refractivity contribution in [1.82, 2.24) is 20.2 Å². The fourth-order valence-electron chi connectivity index (χ4n) is 3.44. The number of rotatable bonds is 3. The van der Waals surface area contributed by atoms with Gasteiger partial charge in [0.1, 0.15) is 5.82 Å². The number of benzene rings is 1. The summed E-state index contributed by atoms with van der Waals surface area (Å²) in [7, 11) is 0. The number of anilines is 1. The average molecular weight is 289 g/mol. The zero-order valence-electron chi connectivity index (χ0n) is 12.3. The van der Waals surface area contributed by atoms with Crippen LogP contribution in [0.5, 0.6) is 0 Å². The van der Waals surface area contributed by atoms with E-state index in [1.54, 1.807) is 12.1 Å². The van der Waals surface area contributed by atoms with Crippen molar-refractivity contribution < 1.29 is 4.39 Å². The van der Waals surface area contributed by atoms with Crippen LogP contribution in [-0.2, 0) is 0 Å². The van der Waals surface area contributed by atoms with Crippen LogP contribution in [-0.4, -0.2) is 20.2 Å². The van der Waals surface area contributed by atoms with E-state index >= 15 is 0 Å². The van der Waals surface area contributed by atoms with Gasteiger partial charge >= 0.3 is 0 Å². The predicted molar refractivity (Wildman–Crippen MR) is 78.8 cm³/mol. The van der Waals surface area contributed by atoms with Gasteiger partial charge in [0.15, 0.2) is 5.82 Å². The quantitative estimate of drug-likeness (QED) is 0.882. The molecule has 6 heteroatoms. The Hall–Kier alpha value is -1.98. The SMILES string of the molecule is CCC1CCC(n2nnnc2-c2ccc(F)c(N)c2)C1C. The molecule has 3 atom stereocenters. The third-order valence-electron chi connectivity index (χ3n) is 4.77. The molecule has 1 aromatic heterocycles. The molecule has 0 radical (unpaired) electrons. The number of hydrogen-bond acceptors (Lipinski definition) is 4. The first-order chi connectivity index (χ1) is 10.1. The Labute approximate surface area is 123 Å². The van der Waals surface area contributed by atoms with Crippen molar-refractivity contribution in [2.75, 3.05) is 5.73 Å². The van der Waals surface area contributed by atoms with Gasteiger partial charge in [-0.3, -0.25) is 0 Å². The average Bonchev–Trinajstić information content (AvgIpc) is 3.08. The minimum atomic E-state index is -0.418. The standard InChI is InChI=1S/C15H20FN5/c1-3-10-5-7-14(9(10)2)21-15(18-19-20-21)11-4-6-12(16)13(17)8-11/h4,6,8-10,14H,3,5,7,17H2,1-2H3. The minimum Gasteiger partial charge on any atom is -0.396 e. The number of halogens is 1. The smallest absolute Gasteiger partial charge is 0.182 e. The monoisotopic (exact) mass is 289 g/mol. The second-order valence-electron chi connectivity index (χ2n) is 5.86. The van der Waals surface area contributed by atoms with E-state index in [-0.39, 0.29) is 5.69 Å². The topological polar surface area (TPSA) is 69.6 Å². The largest absolute Gasteiger partial charge is 0.396 e. The molecule has 3 unspecified atom stereocenters. The van der Waals surface area contributed by atoms with Crippen molar-refractivity contribution in [3.8, 4) is 11.4 Å². The van der Waals surface area contributed by atoms with Gasteiger partial charge in [0.05, 0.1) is 11.7 Å². The summed E-state index contributed by atoms with van der Waals surface area (Å²) < 4.78 is 15.2. The van der Waals surface area contributed by atoms with Gasteiger partial charge in [-0.15, -0.1) is 5.10 Å². The van der Waals surface area contributed by atoms with Crippen LogP contribution in [0.25, 0.3) is 11.4 Å². The molecule has 0 bridgehead atoms. The minimum absolute atomic E-state index is 0.118. The van der Waals surface area contributed by atoms with Gasteiger partial charge in [-0.2, -0.15) is 0 Å². The third kappa shape index (κ3) is 2.39. The molecule has 21 heavy (non-hydrogen) atoms. The molecule has 1 aromatic carbocycles. The molecule has 2 N–H and O–H groups in total. The Kier molecular flexibility index (Phi) is 3.61. The van der Waals surface area contributed by atoms with Gasteiger partial charge in [0.25, 0.3) is 0 Å². The lowest BCUT2D eigenvalue weighted by molar-refractivity contribution is 0.310. The van der Waals surface area contributed by atoms with E-state index in [9.17, 15) is 4.39 Å². The van der Waals surface area contributed by atoms with Crippen LogP contribution in [0.1, 0.15) is 39.2 Å². The van der Waals surface area contributed by atoms with E-state index in [2.05, 4.69) is 29.4 Å². The van der Waals surface area contributed by atoms with Crippen LogP contribution in [0.2, 0.25) is 0 Å². The van der Waals surface area contributed by atoms with Crippen LogP contribution in [0.3, 0.4) is 0 Å². The molecule has 2 aromatic rings. The molecule has 1 saturated carbocycles. The highest BCUT2D eigenvalue weighted by Crippen LogP contribution is 2.42. The summed E-state index contributed by atoms with van der Waals surface area (Å²) in [5, 5.41) is 12.1. The molecule has 1 aliphatic rings. The highest BCUT2D eigenvalue weighted by atomic mass is 19.1. The molecule has 5 nitrogen and oxygen atoms in total.